The number of aromatic amines is 1. The van der Waals surface area contributed by atoms with E-state index in [9.17, 15) is 9.59 Å². The number of aromatic nitrogens is 2. The van der Waals surface area contributed by atoms with Crippen LogP contribution in [0.3, 0.4) is 0 Å². The standard InChI is InChI=1S/C16H19N3O3/c1-5-22-16(21)13-10(3)14(18-11(13)4)15(20)19-12-6-7-17-9(2)8-12/h6-8,18H,5H2,1-4H3,(H,17,19,20). The second-order valence-electron chi connectivity index (χ2n) is 4.99. The zero-order chi connectivity index (χ0) is 16.3. The van der Waals surface area contributed by atoms with Crippen LogP contribution < -0.4 is 5.32 Å². The van der Waals surface area contributed by atoms with Crippen molar-refractivity contribution in [2.24, 2.45) is 0 Å². The summed E-state index contributed by atoms with van der Waals surface area (Å²) in [7, 11) is 0. The first-order valence-electron chi connectivity index (χ1n) is 7.04. The van der Waals surface area contributed by atoms with Crippen molar-refractivity contribution in [3.63, 3.8) is 0 Å². The quantitative estimate of drug-likeness (QED) is 0.850. The summed E-state index contributed by atoms with van der Waals surface area (Å²) in [6, 6.07) is 3.48. The Labute approximate surface area is 128 Å². The fourth-order valence-electron chi connectivity index (χ4n) is 2.30. The number of pyridine rings is 1. The van der Waals surface area contributed by atoms with Crippen LogP contribution in [0.1, 0.15) is 44.7 Å². The van der Waals surface area contributed by atoms with Gasteiger partial charge in [0, 0.05) is 23.3 Å². The molecule has 6 nitrogen and oxygen atoms in total. The molecule has 0 aliphatic carbocycles. The van der Waals surface area contributed by atoms with Crippen molar-refractivity contribution in [3.8, 4) is 0 Å². The van der Waals surface area contributed by atoms with E-state index in [-0.39, 0.29) is 5.91 Å². The number of rotatable bonds is 4. The van der Waals surface area contributed by atoms with Crippen molar-refractivity contribution >= 4 is 17.6 Å². The van der Waals surface area contributed by atoms with E-state index < -0.39 is 5.97 Å². The van der Waals surface area contributed by atoms with Crippen LogP contribution in [0.2, 0.25) is 0 Å². The van der Waals surface area contributed by atoms with Gasteiger partial charge in [-0.15, -0.1) is 0 Å². The Morgan fingerprint density at radius 1 is 1.32 bits per heavy atom. The van der Waals surface area contributed by atoms with Crippen molar-refractivity contribution < 1.29 is 14.3 Å². The zero-order valence-electron chi connectivity index (χ0n) is 13.1. The summed E-state index contributed by atoms with van der Waals surface area (Å²) in [5, 5.41) is 2.79. The van der Waals surface area contributed by atoms with Gasteiger partial charge in [-0.2, -0.15) is 0 Å². The lowest BCUT2D eigenvalue weighted by atomic mass is 10.1. The van der Waals surface area contributed by atoms with E-state index in [1.54, 1.807) is 39.1 Å². The molecule has 6 heteroatoms. The molecule has 0 fully saturated rings. The molecule has 0 aliphatic rings. The number of ether oxygens (including phenoxy) is 1. The molecule has 0 saturated heterocycles. The van der Waals surface area contributed by atoms with Gasteiger partial charge in [-0.3, -0.25) is 9.78 Å². The fraction of sp³-hybridized carbons (Fsp3) is 0.312. The first-order valence-corrected chi connectivity index (χ1v) is 7.04. The number of nitrogens with one attached hydrogen (secondary N) is 2. The molecule has 1 amide bonds. The van der Waals surface area contributed by atoms with Crippen molar-refractivity contribution in [2.45, 2.75) is 27.7 Å². The van der Waals surface area contributed by atoms with Gasteiger partial charge in [0.05, 0.1) is 12.2 Å². The maximum Gasteiger partial charge on any atom is 0.340 e. The largest absolute Gasteiger partial charge is 0.462 e. The predicted octanol–water partition coefficient (Wildman–Crippen LogP) is 2.76. The molecule has 0 unspecified atom stereocenters. The number of hydrogen-bond donors (Lipinski definition) is 2. The maximum atomic E-state index is 12.4. The zero-order valence-corrected chi connectivity index (χ0v) is 13.1. The van der Waals surface area contributed by atoms with E-state index in [4.69, 9.17) is 4.74 Å². The van der Waals surface area contributed by atoms with Crippen LogP contribution in [0, 0.1) is 20.8 Å². The van der Waals surface area contributed by atoms with Gasteiger partial charge in [0.25, 0.3) is 5.91 Å². The number of carbonyl (C=O) groups is 2. The third-order valence-corrected chi connectivity index (χ3v) is 3.30. The summed E-state index contributed by atoms with van der Waals surface area (Å²) in [5.41, 5.74) is 3.44. The van der Waals surface area contributed by atoms with Crippen LogP contribution in [0.25, 0.3) is 0 Å². The molecule has 0 aromatic carbocycles. The number of amides is 1. The number of anilines is 1. The smallest absolute Gasteiger partial charge is 0.340 e. The third kappa shape index (κ3) is 3.16. The van der Waals surface area contributed by atoms with E-state index in [0.29, 0.717) is 34.8 Å². The monoisotopic (exact) mass is 301 g/mol. The van der Waals surface area contributed by atoms with E-state index >= 15 is 0 Å². The van der Waals surface area contributed by atoms with Crippen molar-refractivity contribution in [1.29, 1.82) is 0 Å². The lowest BCUT2D eigenvalue weighted by Gasteiger charge is -2.05. The van der Waals surface area contributed by atoms with Crippen LogP contribution >= 0.6 is 0 Å². The Hall–Kier alpha value is -2.63. The third-order valence-electron chi connectivity index (χ3n) is 3.30. The lowest BCUT2D eigenvalue weighted by Crippen LogP contribution is -2.14. The summed E-state index contributed by atoms with van der Waals surface area (Å²) >= 11 is 0. The molecule has 0 radical (unpaired) electrons. The van der Waals surface area contributed by atoms with Crippen molar-refractivity contribution in [2.75, 3.05) is 11.9 Å². The summed E-state index contributed by atoms with van der Waals surface area (Å²) in [5.74, 6) is -0.727. The maximum absolute atomic E-state index is 12.4. The van der Waals surface area contributed by atoms with Crippen molar-refractivity contribution in [3.05, 3.63) is 46.5 Å². The van der Waals surface area contributed by atoms with E-state index in [2.05, 4.69) is 15.3 Å². The average molecular weight is 301 g/mol. The highest BCUT2D eigenvalue weighted by Crippen LogP contribution is 2.20. The molecule has 0 spiro atoms. The molecule has 0 aliphatic heterocycles. The van der Waals surface area contributed by atoms with Gasteiger partial charge in [0.2, 0.25) is 0 Å². The molecule has 2 heterocycles. The van der Waals surface area contributed by atoms with E-state index in [1.807, 2.05) is 6.92 Å². The van der Waals surface area contributed by atoms with Gasteiger partial charge in [0.15, 0.2) is 0 Å². The first-order chi connectivity index (χ1) is 10.4. The highest BCUT2D eigenvalue weighted by atomic mass is 16.5. The van der Waals surface area contributed by atoms with Gasteiger partial charge in [0.1, 0.15) is 5.69 Å². The van der Waals surface area contributed by atoms with Gasteiger partial charge in [-0.05, 0) is 45.4 Å². The molecule has 2 aromatic heterocycles. The minimum atomic E-state index is -0.424. The van der Waals surface area contributed by atoms with Gasteiger partial charge in [-0.25, -0.2) is 4.79 Å². The predicted molar refractivity (Wildman–Crippen MR) is 83.2 cm³/mol. The Bertz CT molecular complexity index is 719. The molecule has 2 N–H and O–H groups in total. The van der Waals surface area contributed by atoms with Crippen molar-refractivity contribution in [1.82, 2.24) is 9.97 Å². The minimum Gasteiger partial charge on any atom is -0.462 e. The normalized spacial score (nSPS) is 10.4. The van der Waals surface area contributed by atoms with Gasteiger partial charge in [-0.1, -0.05) is 0 Å². The SMILES string of the molecule is CCOC(=O)c1c(C)[nH]c(C(=O)Nc2ccnc(C)c2)c1C. The van der Waals surface area contributed by atoms with Crippen LogP contribution in [0.15, 0.2) is 18.3 Å². The van der Waals surface area contributed by atoms with Crippen LogP contribution in [-0.4, -0.2) is 28.5 Å². The Balaban J connectivity index is 2.27. The Morgan fingerprint density at radius 2 is 2.05 bits per heavy atom. The molecular weight excluding hydrogens is 282 g/mol. The molecule has 0 atom stereocenters. The topological polar surface area (TPSA) is 84.1 Å². The van der Waals surface area contributed by atoms with Gasteiger partial charge < -0.3 is 15.0 Å². The molecule has 116 valence electrons. The van der Waals surface area contributed by atoms with Crippen LogP contribution in [0.5, 0.6) is 0 Å². The number of esters is 1. The van der Waals surface area contributed by atoms with Crippen LogP contribution in [0.4, 0.5) is 5.69 Å². The summed E-state index contributed by atoms with van der Waals surface area (Å²) in [4.78, 5) is 31.4. The highest BCUT2D eigenvalue weighted by molar-refractivity contribution is 6.06. The Morgan fingerprint density at radius 3 is 2.68 bits per heavy atom. The summed E-state index contributed by atoms with van der Waals surface area (Å²) < 4.78 is 5.02. The summed E-state index contributed by atoms with van der Waals surface area (Å²) in [6.07, 6.45) is 1.63. The molecule has 0 saturated carbocycles. The van der Waals surface area contributed by atoms with E-state index in [1.165, 1.54) is 0 Å². The highest BCUT2D eigenvalue weighted by Gasteiger charge is 2.22. The minimum absolute atomic E-state index is 0.292. The average Bonchev–Trinajstić information content (AvgIpc) is 2.74. The molecule has 0 bridgehead atoms. The second kappa shape index (κ2) is 6.43. The number of aryl methyl sites for hydroxylation is 2. The number of nitrogens with zero attached hydrogens (tertiary/aromatic N) is 1. The van der Waals surface area contributed by atoms with Crippen LogP contribution in [-0.2, 0) is 4.74 Å². The fourth-order valence-corrected chi connectivity index (χ4v) is 2.30. The first kappa shape index (κ1) is 15.8. The molecule has 2 rings (SSSR count). The molecule has 22 heavy (non-hydrogen) atoms. The van der Waals surface area contributed by atoms with Gasteiger partial charge >= 0.3 is 5.97 Å². The summed E-state index contributed by atoms with van der Waals surface area (Å²) in [6.45, 7) is 7.35. The Kier molecular flexibility index (Phi) is 4.60. The van der Waals surface area contributed by atoms with E-state index in [0.717, 1.165) is 5.69 Å². The molecular formula is C16H19N3O3. The second-order valence-corrected chi connectivity index (χ2v) is 4.99. The number of H-pyrrole nitrogens is 1. The lowest BCUT2D eigenvalue weighted by molar-refractivity contribution is 0.0525. The number of carbonyl (C=O) groups excluding carboxylic acids is 2. The molecule has 2 aromatic rings. The number of hydrogen-bond acceptors (Lipinski definition) is 4.